The molecule has 1 aliphatic heterocycles. The van der Waals surface area contributed by atoms with Gasteiger partial charge < -0.3 is 14.4 Å². The standard InChI is InChI=1S/C17H35NO2/c1-15(2)7-5-12-19-13-6-14-20-17-8-10-18(11-9-17)16(3)4/h15-17H,5-14H2,1-4H3. The van der Waals surface area contributed by atoms with E-state index >= 15 is 0 Å². The van der Waals surface area contributed by atoms with Crippen LogP contribution in [0.4, 0.5) is 0 Å². The van der Waals surface area contributed by atoms with E-state index in [1.165, 1.54) is 38.8 Å². The van der Waals surface area contributed by atoms with E-state index in [1.807, 2.05) is 0 Å². The molecule has 20 heavy (non-hydrogen) atoms. The molecule has 1 saturated heterocycles. The lowest BCUT2D eigenvalue weighted by molar-refractivity contribution is -0.00800. The number of nitrogens with zero attached hydrogens (tertiary/aromatic N) is 1. The van der Waals surface area contributed by atoms with Crippen LogP contribution in [0.25, 0.3) is 0 Å². The van der Waals surface area contributed by atoms with E-state index in [0.717, 1.165) is 32.2 Å². The van der Waals surface area contributed by atoms with Crippen molar-refractivity contribution in [3.8, 4) is 0 Å². The van der Waals surface area contributed by atoms with Crippen LogP contribution < -0.4 is 0 Å². The van der Waals surface area contributed by atoms with Crippen molar-refractivity contribution in [1.82, 2.24) is 4.90 Å². The van der Waals surface area contributed by atoms with Crippen molar-refractivity contribution in [3.63, 3.8) is 0 Å². The van der Waals surface area contributed by atoms with Gasteiger partial charge in [0.15, 0.2) is 0 Å². The Balaban J connectivity index is 1.88. The fraction of sp³-hybridized carbons (Fsp3) is 1.00. The Morgan fingerprint density at radius 1 is 0.950 bits per heavy atom. The lowest BCUT2D eigenvalue weighted by Gasteiger charge is -2.34. The minimum atomic E-state index is 0.478. The molecule has 1 heterocycles. The van der Waals surface area contributed by atoms with Gasteiger partial charge >= 0.3 is 0 Å². The van der Waals surface area contributed by atoms with Crippen molar-refractivity contribution in [2.75, 3.05) is 32.9 Å². The van der Waals surface area contributed by atoms with Crippen LogP contribution in [-0.2, 0) is 9.47 Å². The average Bonchev–Trinajstić information content (AvgIpc) is 2.42. The number of likely N-dealkylation sites (tertiary alicyclic amines) is 1. The maximum Gasteiger partial charge on any atom is 0.0599 e. The molecule has 120 valence electrons. The van der Waals surface area contributed by atoms with Crippen molar-refractivity contribution in [1.29, 1.82) is 0 Å². The lowest BCUT2D eigenvalue weighted by atomic mass is 10.1. The maximum absolute atomic E-state index is 5.95. The number of ether oxygens (including phenoxy) is 2. The van der Waals surface area contributed by atoms with Crippen LogP contribution >= 0.6 is 0 Å². The summed E-state index contributed by atoms with van der Waals surface area (Å²) in [4.78, 5) is 2.54. The summed E-state index contributed by atoms with van der Waals surface area (Å²) in [6.45, 7) is 14.1. The van der Waals surface area contributed by atoms with Gasteiger partial charge in [-0.05, 0) is 51.9 Å². The van der Waals surface area contributed by atoms with Crippen molar-refractivity contribution in [2.24, 2.45) is 5.92 Å². The summed E-state index contributed by atoms with van der Waals surface area (Å²) in [7, 11) is 0. The van der Waals surface area contributed by atoms with Gasteiger partial charge in [0, 0.05) is 39.0 Å². The summed E-state index contributed by atoms with van der Waals surface area (Å²) in [5.41, 5.74) is 0. The van der Waals surface area contributed by atoms with Crippen molar-refractivity contribution in [2.45, 2.75) is 71.9 Å². The molecule has 0 unspecified atom stereocenters. The van der Waals surface area contributed by atoms with Gasteiger partial charge in [0.1, 0.15) is 0 Å². The van der Waals surface area contributed by atoms with E-state index < -0.39 is 0 Å². The van der Waals surface area contributed by atoms with Gasteiger partial charge in [-0.1, -0.05) is 13.8 Å². The van der Waals surface area contributed by atoms with Crippen molar-refractivity contribution in [3.05, 3.63) is 0 Å². The molecule has 3 nitrogen and oxygen atoms in total. The minimum absolute atomic E-state index is 0.478. The topological polar surface area (TPSA) is 21.7 Å². The third kappa shape index (κ3) is 8.23. The molecule has 1 rings (SSSR count). The van der Waals surface area contributed by atoms with E-state index in [2.05, 4.69) is 32.6 Å². The summed E-state index contributed by atoms with van der Waals surface area (Å²) in [5, 5.41) is 0. The van der Waals surface area contributed by atoms with E-state index in [-0.39, 0.29) is 0 Å². The summed E-state index contributed by atoms with van der Waals surface area (Å²) in [6, 6.07) is 0.676. The Labute approximate surface area is 126 Å². The Kier molecular flexibility index (Phi) is 9.49. The zero-order valence-electron chi connectivity index (χ0n) is 14.1. The van der Waals surface area contributed by atoms with Gasteiger partial charge in [0.2, 0.25) is 0 Å². The number of hydrogen-bond donors (Lipinski definition) is 0. The fourth-order valence-electron chi connectivity index (χ4n) is 2.67. The SMILES string of the molecule is CC(C)CCCOCCCOC1CCN(C(C)C)CC1. The molecule has 0 bridgehead atoms. The third-order valence-corrected chi connectivity index (χ3v) is 4.06. The van der Waals surface area contributed by atoms with Crippen LogP contribution in [0, 0.1) is 5.92 Å². The second-order valence-electron chi connectivity index (χ2n) is 6.70. The highest BCUT2D eigenvalue weighted by atomic mass is 16.5. The molecule has 0 spiro atoms. The molecule has 1 fully saturated rings. The monoisotopic (exact) mass is 285 g/mol. The Bertz CT molecular complexity index is 223. The van der Waals surface area contributed by atoms with Gasteiger partial charge in [-0.25, -0.2) is 0 Å². The van der Waals surface area contributed by atoms with Gasteiger partial charge in [-0.2, -0.15) is 0 Å². The van der Waals surface area contributed by atoms with Crippen molar-refractivity contribution >= 4 is 0 Å². The van der Waals surface area contributed by atoms with Crippen molar-refractivity contribution < 1.29 is 9.47 Å². The molecule has 0 saturated carbocycles. The highest BCUT2D eigenvalue weighted by molar-refractivity contribution is 4.74. The molecular weight excluding hydrogens is 250 g/mol. The highest BCUT2D eigenvalue weighted by Gasteiger charge is 2.20. The number of piperidine rings is 1. The van der Waals surface area contributed by atoms with Gasteiger partial charge in [-0.3, -0.25) is 0 Å². The fourth-order valence-corrected chi connectivity index (χ4v) is 2.67. The van der Waals surface area contributed by atoms with Crippen LogP contribution in [0.3, 0.4) is 0 Å². The third-order valence-electron chi connectivity index (χ3n) is 4.06. The van der Waals surface area contributed by atoms with Crippen LogP contribution in [0.5, 0.6) is 0 Å². The maximum atomic E-state index is 5.95. The van der Waals surface area contributed by atoms with E-state index in [4.69, 9.17) is 9.47 Å². The Morgan fingerprint density at radius 3 is 2.20 bits per heavy atom. The second kappa shape index (κ2) is 10.6. The predicted molar refractivity (Wildman–Crippen MR) is 85.2 cm³/mol. The summed E-state index contributed by atoms with van der Waals surface area (Å²) < 4.78 is 11.6. The number of hydrogen-bond acceptors (Lipinski definition) is 3. The average molecular weight is 285 g/mol. The van der Waals surface area contributed by atoms with E-state index in [9.17, 15) is 0 Å². The number of rotatable bonds is 10. The van der Waals surface area contributed by atoms with Crippen LogP contribution in [0.15, 0.2) is 0 Å². The minimum Gasteiger partial charge on any atom is -0.381 e. The zero-order valence-corrected chi connectivity index (χ0v) is 14.1. The normalized spacial score (nSPS) is 18.3. The summed E-state index contributed by atoms with van der Waals surface area (Å²) >= 11 is 0. The zero-order chi connectivity index (χ0) is 14.8. The first kappa shape index (κ1) is 17.9. The summed E-state index contributed by atoms with van der Waals surface area (Å²) in [5.74, 6) is 0.790. The molecule has 0 atom stereocenters. The van der Waals surface area contributed by atoms with Crippen LogP contribution in [0.2, 0.25) is 0 Å². The molecule has 0 radical (unpaired) electrons. The first-order valence-corrected chi connectivity index (χ1v) is 8.53. The smallest absolute Gasteiger partial charge is 0.0599 e. The Morgan fingerprint density at radius 2 is 1.60 bits per heavy atom. The molecule has 0 aromatic rings. The molecule has 0 N–H and O–H groups in total. The largest absolute Gasteiger partial charge is 0.381 e. The molecule has 1 aliphatic rings. The molecule has 3 heteroatoms. The Hall–Kier alpha value is -0.120. The molecule has 0 aromatic carbocycles. The molecule has 0 aliphatic carbocycles. The first-order chi connectivity index (χ1) is 9.59. The summed E-state index contributed by atoms with van der Waals surface area (Å²) in [6.07, 6.45) is 6.34. The second-order valence-corrected chi connectivity index (χ2v) is 6.70. The van der Waals surface area contributed by atoms with Gasteiger partial charge in [0.05, 0.1) is 6.10 Å². The van der Waals surface area contributed by atoms with Gasteiger partial charge in [0.25, 0.3) is 0 Å². The molecule has 0 aromatic heterocycles. The lowest BCUT2D eigenvalue weighted by Crippen LogP contribution is -2.41. The van der Waals surface area contributed by atoms with Crippen LogP contribution in [-0.4, -0.2) is 50.0 Å². The predicted octanol–water partition coefficient (Wildman–Crippen LogP) is 3.72. The molecule has 0 amide bonds. The quantitative estimate of drug-likeness (QED) is 0.571. The highest BCUT2D eigenvalue weighted by Crippen LogP contribution is 2.15. The van der Waals surface area contributed by atoms with E-state index in [1.54, 1.807) is 0 Å². The van der Waals surface area contributed by atoms with E-state index in [0.29, 0.717) is 12.1 Å². The molecular formula is C17H35NO2. The van der Waals surface area contributed by atoms with Crippen LogP contribution in [0.1, 0.15) is 59.8 Å². The first-order valence-electron chi connectivity index (χ1n) is 8.53. The van der Waals surface area contributed by atoms with Gasteiger partial charge in [-0.15, -0.1) is 0 Å².